The van der Waals surface area contributed by atoms with Crippen molar-refractivity contribution in [3.05, 3.63) is 87.7 Å². The van der Waals surface area contributed by atoms with Gasteiger partial charge in [0.2, 0.25) is 5.91 Å². The van der Waals surface area contributed by atoms with Crippen LogP contribution >= 0.6 is 0 Å². The molecular weight excluding hydrogens is 433 g/mol. The number of H-pyrrole nitrogens is 1. The van der Waals surface area contributed by atoms with Crippen LogP contribution in [0.4, 0.5) is 10.1 Å². The summed E-state index contributed by atoms with van der Waals surface area (Å²) in [6.45, 7) is 6.27. The first kappa shape index (κ1) is 21.9. The largest absolute Gasteiger partial charge is 0.374 e. The molecule has 4 aromatic rings. The van der Waals surface area contributed by atoms with Crippen molar-refractivity contribution in [1.29, 1.82) is 0 Å². The first-order chi connectivity index (χ1) is 16.3. The van der Waals surface area contributed by atoms with Gasteiger partial charge in [0.25, 0.3) is 5.56 Å². The molecule has 0 bridgehead atoms. The molecule has 174 valence electrons. The van der Waals surface area contributed by atoms with Gasteiger partial charge in [-0.05, 0) is 61.0 Å². The monoisotopic (exact) mass is 459 g/mol. The van der Waals surface area contributed by atoms with E-state index in [0.717, 1.165) is 16.5 Å². The molecule has 0 saturated carbocycles. The molecule has 1 fully saturated rings. The molecule has 0 unspecified atom stereocenters. The van der Waals surface area contributed by atoms with E-state index >= 15 is 4.39 Å². The number of fused-ring (bicyclic) bond motifs is 1. The fourth-order valence-corrected chi connectivity index (χ4v) is 4.98. The van der Waals surface area contributed by atoms with Gasteiger partial charge in [0.1, 0.15) is 11.6 Å². The van der Waals surface area contributed by atoms with Gasteiger partial charge in [0.15, 0.2) is 0 Å². The van der Waals surface area contributed by atoms with E-state index in [2.05, 4.69) is 15.5 Å². The summed E-state index contributed by atoms with van der Waals surface area (Å²) in [6, 6.07) is 12.4. The van der Waals surface area contributed by atoms with Crippen molar-refractivity contribution in [3.8, 4) is 5.82 Å². The Morgan fingerprint density at radius 2 is 2.00 bits per heavy atom. The standard InChI is InChI=1S/C26H26FN5O2/c1-16-4-7-22(27)24(17(16)2)26(10-13-31(15-26)18(3)33)29-20-6-5-19-9-12-32(23-8-11-28-30-23)25(34)21(19)14-20/h4-9,11-12,14,29H,10,13,15H2,1-3H3,(H,28,30)/t26-/m1/s1. The van der Waals surface area contributed by atoms with Crippen molar-refractivity contribution < 1.29 is 9.18 Å². The summed E-state index contributed by atoms with van der Waals surface area (Å²) in [4.78, 5) is 27.1. The molecule has 1 saturated heterocycles. The molecule has 2 N–H and O–H groups in total. The first-order valence-electron chi connectivity index (χ1n) is 11.2. The Balaban J connectivity index is 1.63. The third kappa shape index (κ3) is 3.55. The lowest BCUT2D eigenvalue weighted by Gasteiger charge is -2.34. The fourth-order valence-electron chi connectivity index (χ4n) is 4.98. The predicted octanol–water partition coefficient (Wildman–Crippen LogP) is 4.03. The first-order valence-corrected chi connectivity index (χ1v) is 11.2. The second kappa shape index (κ2) is 8.13. The quantitative estimate of drug-likeness (QED) is 0.483. The highest BCUT2D eigenvalue weighted by molar-refractivity contribution is 5.85. The highest BCUT2D eigenvalue weighted by Gasteiger charge is 2.43. The average Bonchev–Trinajstić information content (AvgIpc) is 3.48. The van der Waals surface area contributed by atoms with E-state index in [-0.39, 0.29) is 17.3 Å². The number of hydrogen-bond donors (Lipinski definition) is 2. The molecule has 2 aromatic heterocycles. The molecule has 0 aliphatic carbocycles. The Kier molecular flexibility index (Phi) is 5.23. The summed E-state index contributed by atoms with van der Waals surface area (Å²) < 4.78 is 16.8. The topological polar surface area (TPSA) is 83.0 Å². The van der Waals surface area contributed by atoms with Gasteiger partial charge in [-0.3, -0.25) is 19.3 Å². The van der Waals surface area contributed by atoms with E-state index in [1.54, 1.807) is 35.5 Å². The van der Waals surface area contributed by atoms with E-state index < -0.39 is 5.54 Å². The maximum Gasteiger partial charge on any atom is 0.264 e. The van der Waals surface area contributed by atoms with Gasteiger partial charge in [-0.2, -0.15) is 5.10 Å². The molecule has 7 nitrogen and oxygen atoms in total. The molecular formula is C26H26FN5O2. The van der Waals surface area contributed by atoms with E-state index in [1.165, 1.54) is 17.6 Å². The lowest BCUT2D eigenvalue weighted by Crippen LogP contribution is -2.41. The number of anilines is 1. The molecule has 0 spiro atoms. The number of carbonyl (C=O) groups is 1. The van der Waals surface area contributed by atoms with Crippen molar-refractivity contribution in [2.45, 2.75) is 32.7 Å². The number of aromatic amines is 1. The van der Waals surface area contributed by atoms with Crippen molar-refractivity contribution in [2.75, 3.05) is 18.4 Å². The van der Waals surface area contributed by atoms with Crippen LogP contribution in [0.3, 0.4) is 0 Å². The summed E-state index contributed by atoms with van der Waals surface area (Å²) in [5.41, 5.74) is 2.11. The van der Waals surface area contributed by atoms with Gasteiger partial charge in [-0.15, -0.1) is 0 Å². The molecule has 1 atom stereocenters. The predicted molar refractivity (Wildman–Crippen MR) is 130 cm³/mol. The minimum Gasteiger partial charge on any atom is -0.374 e. The maximum absolute atomic E-state index is 15.3. The van der Waals surface area contributed by atoms with Gasteiger partial charge in [-0.1, -0.05) is 12.1 Å². The van der Waals surface area contributed by atoms with Gasteiger partial charge in [0, 0.05) is 48.9 Å². The Hall–Kier alpha value is -3.94. The van der Waals surface area contributed by atoms with Crippen LogP contribution in [0.2, 0.25) is 0 Å². The molecule has 3 heterocycles. The van der Waals surface area contributed by atoms with Crippen molar-refractivity contribution in [3.63, 3.8) is 0 Å². The molecule has 8 heteroatoms. The van der Waals surface area contributed by atoms with Gasteiger partial charge < -0.3 is 10.2 Å². The lowest BCUT2D eigenvalue weighted by molar-refractivity contribution is -0.127. The van der Waals surface area contributed by atoms with Crippen LogP contribution in [0, 0.1) is 19.7 Å². The number of carbonyl (C=O) groups excluding carboxylic acids is 1. The normalized spacial score (nSPS) is 17.9. The number of aromatic nitrogens is 3. The summed E-state index contributed by atoms with van der Waals surface area (Å²) in [7, 11) is 0. The van der Waals surface area contributed by atoms with Gasteiger partial charge in [0.05, 0.1) is 11.7 Å². The van der Waals surface area contributed by atoms with Crippen molar-refractivity contribution >= 4 is 22.4 Å². The zero-order valence-corrected chi connectivity index (χ0v) is 19.4. The van der Waals surface area contributed by atoms with Gasteiger partial charge >= 0.3 is 0 Å². The lowest BCUT2D eigenvalue weighted by atomic mass is 9.83. The minimum atomic E-state index is -0.809. The van der Waals surface area contributed by atoms with Crippen molar-refractivity contribution in [1.82, 2.24) is 19.7 Å². The van der Waals surface area contributed by atoms with E-state index in [9.17, 15) is 9.59 Å². The highest BCUT2D eigenvalue weighted by Crippen LogP contribution is 2.40. The number of benzene rings is 2. The molecule has 2 aromatic carbocycles. The van der Waals surface area contributed by atoms with Crippen LogP contribution in [0.1, 0.15) is 30.0 Å². The number of rotatable bonds is 4. The van der Waals surface area contributed by atoms with Gasteiger partial charge in [-0.25, -0.2) is 4.39 Å². The second-order valence-corrected chi connectivity index (χ2v) is 9.00. The smallest absolute Gasteiger partial charge is 0.264 e. The number of nitrogens with zero attached hydrogens (tertiary/aromatic N) is 3. The number of hydrogen-bond acceptors (Lipinski definition) is 4. The molecule has 1 aliphatic heterocycles. The SMILES string of the molecule is CC(=O)N1CC[C@](Nc2ccc3ccn(-c4ccn[nH]4)c(=O)c3c2)(c2c(F)ccc(C)c2C)C1. The molecule has 0 radical (unpaired) electrons. The Morgan fingerprint density at radius 1 is 1.18 bits per heavy atom. The molecule has 5 rings (SSSR count). The number of pyridine rings is 1. The Morgan fingerprint density at radius 3 is 2.71 bits per heavy atom. The van der Waals surface area contributed by atoms with Crippen LogP contribution in [0.5, 0.6) is 0 Å². The summed E-state index contributed by atoms with van der Waals surface area (Å²) in [5.74, 6) is 0.228. The van der Waals surface area contributed by atoms with Crippen LogP contribution in [-0.2, 0) is 10.3 Å². The number of likely N-dealkylation sites (tertiary alicyclic amines) is 1. The third-order valence-electron chi connectivity index (χ3n) is 6.91. The Bertz CT molecular complexity index is 1460. The number of aryl methyl sites for hydroxylation is 1. The van der Waals surface area contributed by atoms with Crippen molar-refractivity contribution in [2.24, 2.45) is 0 Å². The summed E-state index contributed by atoms with van der Waals surface area (Å²) in [6.07, 6.45) is 3.85. The zero-order chi connectivity index (χ0) is 24.0. The Labute approximate surface area is 196 Å². The van der Waals surface area contributed by atoms with Crippen LogP contribution in [0.15, 0.2) is 59.7 Å². The molecule has 34 heavy (non-hydrogen) atoms. The third-order valence-corrected chi connectivity index (χ3v) is 6.91. The summed E-state index contributed by atoms with van der Waals surface area (Å²) in [5, 5.41) is 11.6. The van der Waals surface area contributed by atoms with E-state index in [0.29, 0.717) is 42.0 Å². The minimum absolute atomic E-state index is 0.0460. The van der Waals surface area contributed by atoms with Crippen LogP contribution in [0.25, 0.3) is 16.6 Å². The average molecular weight is 460 g/mol. The molecule has 1 aliphatic rings. The van der Waals surface area contributed by atoms with E-state index in [1.807, 2.05) is 32.0 Å². The number of nitrogens with one attached hydrogen (secondary N) is 2. The maximum atomic E-state index is 15.3. The highest BCUT2D eigenvalue weighted by atomic mass is 19.1. The van der Waals surface area contributed by atoms with E-state index in [4.69, 9.17) is 0 Å². The number of amides is 1. The summed E-state index contributed by atoms with van der Waals surface area (Å²) >= 11 is 0. The zero-order valence-electron chi connectivity index (χ0n) is 19.4. The molecule has 1 amide bonds. The fraction of sp³-hybridized carbons (Fsp3) is 0.269. The number of halogens is 1. The van der Waals surface area contributed by atoms with Crippen LogP contribution < -0.4 is 10.9 Å². The van der Waals surface area contributed by atoms with Crippen LogP contribution in [-0.4, -0.2) is 38.7 Å². The second-order valence-electron chi connectivity index (χ2n) is 9.00.